The van der Waals surface area contributed by atoms with Gasteiger partial charge >= 0.3 is 5.97 Å². The van der Waals surface area contributed by atoms with Crippen LogP contribution in [0.1, 0.15) is 51.5 Å². The lowest BCUT2D eigenvalue weighted by Gasteiger charge is -2.10. The molecule has 7 nitrogen and oxygen atoms in total. The number of rotatable bonds is 7. The third kappa shape index (κ3) is 4.61. The largest absolute Gasteiger partial charge is 0.493 e. The first-order valence-electron chi connectivity index (χ1n) is 8.67. The van der Waals surface area contributed by atoms with Crippen molar-refractivity contribution >= 4 is 11.9 Å². The molecular formula is C20H26N2O5. The summed E-state index contributed by atoms with van der Waals surface area (Å²) in [7, 11) is 3.13. The van der Waals surface area contributed by atoms with Crippen molar-refractivity contribution in [3.05, 3.63) is 46.3 Å². The molecule has 0 saturated carbocycles. The van der Waals surface area contributed by atoms with E-state index in [-0.39, 0.29) is 12.0 Å². The van der Waals surface area contributed by atoms with E-state index in [0.717, 1.165) is 5.56 Å². The number of ether oxygens (including phenoxy) is 3. The second-order valence-electron chi connectivity index (χ2n) is 6.45. The molecule has 1 aromatic carbocycles. The number of aryl methyl sites for hydroxylation is 1. The minimum Gasteiger partial charge on any atom is -0.493 e. The minimum absolute atomic E-state index is 0.228. The van der Waals surface area contributed by atoms with Gasteiger partial charge in [-0.05, 0) is 51.0 Å². The molecule has 0 saturated heterocycles. The van der Waals surface area contributed by atoms with Crippen LogP contribution in [-0.2, 0) is 11.3 Å². The average Bonchev–Trinajstić information content (AvgIpc) is 2.93. The standard InChI is InChI=1S/C20H26N2O5/c1-11(2)27-20(24)17-12(3)18(22-13(17)4)19(23)21-10-14-7-8-15(25-5)16(9-14)26-6/h7-9,11,22H,10H2,1-6H3,(H,21,23). The molecule has 0 radical (unpaired) electrons. The Morgan fingerprint density at radius 3 is 2.37 bits per heavy atom. The molecule has 0 atom stereocenters. The van der Waals surface area contributed by atoms with Gasteiger partial charge in [0.2, 0.25) is 0 Å². The zero-order valence-corrected chi connectivity index (χ0v) is 16.6. The van der Waals surface area contributed by atoms with Crippen LogP contribution in [0.25, 0.3) is 0 Å². The lowest BCUT2D eigenvalue weighted by atomic mass is 10.1. The molecule has 7 heteroatoms. The van der Waals surface area contributed by atoms with E-state index >= 15 is 0 Å². The Balaban J connectivity index is 2.14. The SMILES string of the molecule is COc1ccc(CNC(=O)c2[nH]c(C)c(C(=O)OC(C)C)c2C)cc1OC. The first-order chi connectivity index (χ1) is 12.8. The molecule has 0 unspecified atom stereocenters. The molecule has 1 aromatic heterocycles. The molecule has 0 bridgehead atoms. The summed E-state index contributed by atoms with van der Waals surface area (Å²) in [6.45, 7) is 7.35. The van der Waals surface area contributed by atoms with Crippen molar-refractivity contribution in [2.75, 3.05) is 14.2 Å². The van der Waals surface area contributed by atoms with Gasteiger partial charge in [-0.25, -0.2) is 4.79 Å². The zero-order chi connectivity index (χ0) is 20.1. The Hall–Kier alpha value is -2.96. The molecule has 146 valence electrons. The van der Waals surface area contributed by atoms with Crippen molar-refractivity contribution in [1.82, 2.24) is 10.3 Å². The van der Waals surface area contributed by atoms with E-state index in [2.05, 4.69) is 10.3 Å². The highest BCUT2D eigenvalue weighted by atomic mass is 16.5. The van der Waals surface area contributed by atoms with Gasteiger partial charge in [0.15, 0.2) is 11.5 Å². The number of methoxy groups -OCH3 is 2. The summed E-state index contributed by atoms with van der Waals surface area (Å²) in [5.41, 5.74) is 2.79. The van der Waals surface area contributed by atoms with Crippen molar-refractivity contribution in [2.45, 2.75) is 40.3 Å². The van der Waals surface area contributed by atoms with Crippen LogP contribution >= 0.6 is 0 Å². The Kier molecular flexibility index (Phi) is 6.50. The molecule has 0 spiro atoms. The monoisotopic (exact) mass is 374 g/mol. The maximum Gasteiger partial charge on any atom is 0.340 e. The van der Waals surface area contributed by atoms with Crippen LogP contribution in [0.15, 0.2) is 18.2 Å². The summed E-state index contributed by atoms with van der Waals surface area (Å²) in [4.78, 5) is 27.8. The smallest absolute Gasteiger partial charge is 0.340 e. The van der Waals surface area contributed by atoms with E-state index in [1.165, 1.54) is 0 Å². The molecule has 0 aliphatic rings. The number of nitrogens with one attached hydrogen (secondary N) is 2. The molecular weight excluding hydrogens is 348 g/mol. The average molecular weight is 374 g/mol. The van der Waals surface area contributed by atoms with Crippen LogP contribution in [0.5, 0.6) is 11.5 Å². The number of carbonyl (C=O) groups excluding carboxylic acids is 2. The van der Waals surface area contributed by atoms with Crippen LogP contribution in [0.2, 0.25) is 0 Å². The number of amides is 1. The number of benzene rings is 1. The van der Waals surface area contributed by atoms with Crippen LogP contribution in [0.3, 0.4) is 0 Å². The summed E-state index contributed by atoms with van der Waals surface area (Å²) in [5.74, 6) is 0.482. The maximum atomic E-state index is 12.6. The van der Waals surface area contributed by atoms with E-state index in [9.17, 15) is 9.59 Å². The summed E-state index contributed by atoms with van der Waals surface area (Å²) in [5, 5.41) is 2.85. The maximum absolute atomic E-state index is 12.6. The van der Waals surface area contributed by atoms with E-state index < -0.39 is 5.97 Å². The summed E-state index contributed by atoms with van der Waals surface area (Å²) in [6.07, 6.45) is -0.228. The number of esters is 1. The highest BCUT2D eigenvalue weighted by molar-refractivity contribution is 6.00. The van der Waals surface area contributed by atoms with Gasteiger partial charge in [-0.1, -0.05) is 6.07 Å². The highest BCUT2D eigenvalue weighted by Gasteiger charge is 2.23. The highest BCUT2D eigenvalue weighted by Crippen LogP contribution is 2.27. The summed E-state index contributed by atoms with van der Waals surface area (Å²) < 4.78 is 15.7. The Labute approximate surface area is 159 Å². The van der Waals surface area contributed by atoms with Crippen LogP contribution in [-0.4, -0.2) is 37.2 Å². The number of H-pyrrole nitrogens is 1. The van der Waals surface area contributed by atoms with Gasteiger partial charge in [-0.3, -0.25) is 4.79 Å². The van der Waals surface area contributed by atoms with Gasteiger partial charge in [0.05, 0.1) is 25.9 Å². The second kappa shape index (κ2) is 8.62. The van der Waals surface area contributed by atoms with Crippen molar-refractivity contribution in [3.8, 4) is 11.5 Å². The molecule has 2 rings (SSSR count). The molecule has 1 amide bonds. The number of carbonyl (C=O) groups is 2. The minimum atomic E-state index is -0.435. The number of hydrogen-bond donors (Lipinski definition) is 2. The summed E-state index contributed by atoms with van der Waals surface area (Å²) >= 11 is 0. The Morgan fingerprint density at radius 1 is 1.11 bits per heavy atom. The van der Waals surface area contributed by atoms with Gasteiger partial charge in [0.1, 0.15) is 5.69 Å². The van der Waals surface area contributed by atoms with Gasteiger partial charge < -0.3 is 24.5 Å². The van der Waals surface area contributed by atoms with E-state index in [0.29, 0.717) is 40.6 Å². The fourth-order valence-electron chi connectivity index (χ4n) is 2.82. The topological polar surface area (TPSA) is 89.7 Å². The van der Waals surface area contributed by atoms with Crippen molar-refractivity contribution in [3.63, 3.8) is 0 Å². The quantitative estimate of drug-likeness (QED) is 0.727. The van der Waals surface area contributed by atoms with E-state index in [4.69, 9.17) is 14.2 Å². The number of aromatic amines is 1. The zero-order valence-electron chi connectivity index (χ0n) is 16.6. The lowest BCUT2D eigenvalue weighted by Crippen LogP contribution is -2.24. The van der Waals surface area contributed by atoms with E-state index in [1.54, 1.807) is 54.0 Å². The second-order valence-corrected chi connectivity index (χ2v) is 6.45. The summed E-state index contributed by atoms with van der Waals surface area (Å²) in [6, 6.07) is 5.43. The van der Waals surface area contributed by atoms with Gasteiger partial charge in [-0.2, -0.15) is 0 Å². The molecule has 2 N–H and O–H groups in total. The predicted octanol–water partition coefficient (Wildman–Crippen LogP) is 3.14. The van der Waals surface area contributed by atoms with Gasteiger partial charge in [-0.15, -0.1) is 0 Å². The number of hydrogen-bond acceptors (Lipinski definition) is 5. The molecule has 2 aromatic rings. The lowest BCUT2D eigenvalue weighted by molar-refractivity contribution is 0.0376. The molecule has 0 aliphatic carbocycles. The molecule has 1 heterocycles. The predicted molar refractivity (Wildman–Crippen MR) is 102 cm³/mol. The van der Waals surface area contributed by atoms with E-state index in [1.807, 2.05) is 6.07 Å². The van der Waals surface area contributed by atoms with Crippen molar-refractivity contribution < 1.29 is 23.8 Å². The van der Waals surface area contributed by atoms with Crippen LogP contribution < -0.4 is 14.8 Å². The third-order valence-electron chi connectivity index (χ3n) is 4.11. The third-order valence-corrected chi connectivity index (χ3v) is 4.11. The normalized spacial score (nSPS) is 10.6. The van der Waals surface area contributed by atoms with Gasteiger partial charge in [0, 0.05) is 12.2 Å². The first-order valence-corrected chi connectivity index (χ1v) is 8.67. The van der Waals surface area contributed by atoms with Crippen molar-refractivity contribution in [1.29, 1.82) is 0 Å². The Morgan fingerprint density at radius 2 is 1.78 bits per heavy atom. The number of aromatic nitrogens is 1. The Bertz CT molecular complexity index is 839. The molecule has 27 heavy (non-hydrogen) atoms. The first kappa shape index (κ1) is 20.4. The van der Waals surface area contributed by atoms with Crippen LogP contribution in [0, 0.1) is 13.8 Å². The van der Waals surface area contributed by atoms with Crippen molar-refractivity contribution in [2.24, 2.45) is 0 Å². The fourth-order valence-corrected chi connectivity index (χ4v) is 2.82. The molecule has 0 aliphatic heterocycles. The fraction of sp³-hybridized carbons (Fsp3) is 0.400. The molecule has 0 fully saturated rings. The van der Waals surface area contributed by atoms with Crippen LogP contribution in [0.4, 0.5) is 0 Å². The van der Waals surface area contributed by atoms with Gasteiger partial charge in [0.25, 0.3) is 5.91 Å².